The molecule has 4 aromatic rings. The summed E-state index contributed by atoms with van der Waals surface area (Å²) in [6.45, 7) is 0. The molecule has 6 heteroatoms. The molecule has 162 valence electrons. The fourth-order valence-electron chi connectivity index (χ4n) is 5.04. The van der Waals surface area contributed by atoms with Crippen molar-refractivity contribution >= 4 is 27.4 Å². The first-order chi connectivity index (χ1) is 15.6. The Bertz CT molecular complexity index is 1360. The third kappa shape index (κ3) is 3.38. The highest BCUT2D eigenvalue weighted by Gasteiger charge is 2.27. The van der Waals surface area contributed by atoms with Gasteiger partial charge in [0.15, 0.2) is 5.82 Å². The molecule has 1 unspecified atom stereocenters. The predicted molar refractivity (Wildman–Crippen MR) is 127 cm³/mol. The molecule has 1 aromatic heterocycles. The molecule has 0 aliphatic heterocycles. The Labute approximate surface area is 186 Å². The summed E-state index contributed by atoms with van der Waals surface area (Å²) in [5, 5.41) is 19.0. The van der Waals surface area contributed by atoms with Gasteiger partial charge in [-0.2, -0.15) is 0 Å². The van der Waals surface area contributed by atoms with Gasteiger partial charge in [-0.1, -0.05) is 48.5 Å². The van der Waals surface area contributed by atoms with E-state index < -0.39 is 4.92 Å². The van der Waals surface area contributed by atoms with Crippen LogP contribution in [0.3, 0.4) is 0 Å². The van der Waals surface area contributed by atoms with Crippen molar-refractivity contribution in [3.8, 4) is 0 Å². The van der Waals surface area contributed by atoms with Gasteiger partial charge in [-0.15, -0.1) is 0 Å². The number of hydrogen-bond donors (Lipinski definition) is 1. The van der Waals surface area contributed by atoms with Crippen molar-refractivity contribution in [1.29, 1.82) is 0 Å². The minimum atomic E-state index is -0.460. The highest BCUT2D eigenvalue weighted by Crippen LogP contribution is 2.41. The molecule has 1 N–H and O–H groups in total. The van der Waals surface area contributed by atoms with E-state index in [0.29, 0.717) is 11.7 Å². The lowest BCUT2D eigenvalue weighted by atomic mass is 9.78. The molecule has 1 aliphatic rings. The number of nitrogens with one attached hydrogen (secondary N) is 1. The van der Waals surface area contributed by atoms with Crippen LogP contribution < -0.4 is 10.2 Å². The largest absolute Gasteiger partial charge is 0.448 e. The van der Waals surface area contributed by atoms with Crippen LogP contribution in [0.5, 0.6) is 0 Å². The Hall–Kier alpha value is -3.80. The third-order valence-electron chi connectivity index (χ3n) is 6.61. The molecular weight excluding hydrogens is 402 g/mol. The van der Waals surface area contributed by atoms with Crippen LogP contribution in [0.1, 0.15) is 29.0 Å². The van der Waals surface area contributed by atoms with Crippen molar-refractivity contribution in [3.05, 3.63) is 99.7 Å². The molecule has 0 spiro atoms. The van der Waals surface area contributed by atoms with E-state index in [0.717, 1.165) is 31.0 Å². The number of anilines is 1. The van der Waals surface area contributed by atoms with Gasteiger partial charge in [0.2, 0.25) is 5.88 Å². The normalized spacial score (nSPS) is 16.2. The average Bonchev–Trinajstić information content (AvgIpc) is 3.31. The minimum absolute atomic E-state index is 0.282. The number of aryl methyl sites for hydroxylation is 1. The summed E-state index contributed by atoms with van der Waals surface area (Å²) in [4.78, 5) is 12.3. The van der Waals surface area contributed by atoms with E-state index in [1.165, 1.54) is 32.7 Å². The van der Waals surface area contributed by atoms with Crippen LogP contribution in [0.2, 0.25) is 0 Å². The van der Waals surface area contributed by atoms with Crippen LogP contribution in [0.25, 0.3) is 21.5 Å². The predicted octanol–water partition coefficient (Wildman–Crippen LogP) is 5.59. The van der Waals surface area contributed by atoms with Crippen molar-refractivity contribution in [2.24, 2.45) is 0 Å². The van der Waals surface area contributed by atoms with E-state index in [-0.39, 0.29) is 5.92 Å². The van der Waals surface area contributed by atoms with Gasteiger partial charge in [-0.25, -0.2) is 0 Å². The second kappa shape index (κ2) is 8.04. The summed E-state index contributed by atoms with van der Waals surface area (Å²) in [6.07, 6.45) is 5.56. The summed E-state index contributed by atoms with van der Waals surface area (Å²) < 4.78 is 5.80. The van der Waals surface area contributed by atoms with Crippen LogP contribution >= 0.6 is 0 Å². The summed E-state index contributed by atoms with van der Waals surface area (Å²) in [5.41, 5.74) is 3.89. The quantitative estimate of drug-likeness (QED) is 0.255. The van der Waals surface area contributed by atoms with Crippen LogP contribution in [0.4, 0.5) is 5.88 Å². The van der Waals surface area contributed by atoms with E-state index in [1.807, 2.05) is 6.07 Å². The van der Waals surface area contributed by atoms with Gasteiger partial charge in [0.1, 0.15) is 0 Å². The highest BCUT2D eigenvalue weighted by molar-refractivity contribution is 6.08. The molecule has 0 radical (unpaired) electrons. The molecule has 0 bridgehead atoms. The Balaban J connectivity index is 1.54. The van der Waals surface area contributed by atoms with Crippen molar-refractivity contribution in [1.82, 2.24) is 5.32 Å². The minimum Gasteiger partial charge on any atom is -0.448 e. The molecule has 5 rings (SSSR count). The molecule has 6 nitrogen and oxygen atoms in total. The Morgan fingerprint density at radius 2 is 1.94 bits per heavy atom. The first-order valence-electron chi connectivity index (χ1n) is 10.8. The maximum absolute atomic E-state index is 11.0. The number of furan rings is 1. The molecule has 0 amide bonds. The second-order valence-corrected chi connectivity index (χ2v) is 8.31. The SMILES string of the molecule is CNC(=C[N+](=O)[O-])N(C)c1occc1C1CCc2ccc3c(ccc4ccccc43)c2C1. The van der Waals surface area contributed by atoms with Gasteiger partial charge in [0, 0.05) is 19.7 Å². The number of fused-ring (bicyclic) bond motifs is 5. The number of rotatable bonds is 5. The molecule has 0 saturated carbocycles. The third-order valence-corrected chi connectivity index (χ3v) is 6.61. The molecule has 32 heavy (non-hydrogen) atoms. The van der Waals surface area contributed by atoms with Crippen LogP contribution in [0, 0.1) is 10.1 Å². The van der Waals surface area contributed by atoms with Crippen LogP contribution in [-0.2, 0) is 12.8 Å². The van der Waals surface area contributed by atoms with Crippen molar-refractivity contribution in [2.45, 2.75) is 25.2 Å². The van der Waals surface area contributed by atoms with Gasteiger partial charge in [0.25, 0.3) is 6.20 Å². The topological polar surface area (TPSA) is 71.6 Å². The number of nitrogens with zero attached hydrogens (tertiary/aromatic N) is 2. The zero-order valence-corrected chi connectivity index (χ0v) is 18.2. The highest BCUT2D eigenvalue weighted by atomic mass is 16.6. The van der Waals surface area contributed by atoms with Crippen molar-refractivity contribution < 1.29 is 9.34 Å². The lowest BCUT2D eigenvalue weighted by Gasteiger charge is -2.28. The standard InChI is InChI=1S/C26H25N3O3/c1-27-25(16-29(30)31)28(2)26-21(13-14-32-26)19-8-7-18-10-11-22-20-6-4-3-5-17(20)9-12-23(22)24(18)15-19/h3-6,9-14,16,19,27H,7-8,15H2,1-2H3. The molecule has 0 fully saturated rings. The number of nitro groups is 1. The molecule has 1 atom stereocenters. The van der Waals surface area contributed by atoms with Gasteiger partial charge in [-0.05, 0) is 63.9 Å². The lowest BCUT2D eigenvalue weighted by Crippen LogP contribution is -2.28. The first-order valence-corrected chi connectivity index (χ1v) is 10.8. The maximum Gasteiger partial charge on any atom is 0.274 e. The average molecular weight is 428 g/mol. The van der Waals surface area contributed by atoms with E-state index in [2.05, 4.69) is 53.8 Å². The zero-order chi connectivity index (χ0) is 22.2. The van der Waals surface area contributed by atoms with Crippen molar-refractivity contribution in [3.63, 3.8) is 0 Å². The fourth-order valence-corrected chi connectivity index (χ4v) is 5.04. The maximum atomic E-state index is 11.0. The first kappa shape index (κ1) is 20.1. The summed E-state index contributed by atoms with van der Waals surface area (Å²) in [5.74, 6) is 1.30. The Kier molecular flexibility index (Phi) is 5.05. The van der Waals surface area contributed by atoms with Crippen molar-refractivity contribution in [2.75, 3.05) is 19.0 Å². The number of benzene rings is 3. The van der Waals surface area contributed by atoms with Gasteiger partial charge < -0.3 is 9.73 Å². The van der Waals surface area contributed by atoms with E-state index in [1.54, 1.807) is 25.3 Å². The molecule has 3 aromatic carbocycles. The fraction of sp³-hybridized carbons (Fsp3) is 0.231. The molecule has 1 aliphatic carbocycles. The second-order valence-electron chi connectivity index (χ2n) is 8.31. The number of hydrogen-bond acceptors (Lipinski definition) is 5. The van der Waals surface area contributed by atoms with Crippen LogP contribution in [-0.4, -0.2) is 19.0 Å². The van der Waals surface area contributed by atoms with Gasteiger partial charge in [-0.3, -0.25) is 15.0 Å². The Morgan fingerprint density at radius 3 is 2.75 bits per heavy atom. The van der Waals surface area contributed by atoms with Gasteiger partial charge in [0.05, 0.1) is 11.2 Å². The van der Waals surface area contributed by atoms with Gasteiger partial charge >= 0.3 is 0 Å². The smallest absolute Gasteiger partial charge is 0.274 e. The molecular formula is C26H25N3O3. The lowest BCUT2D eigenvalue weighted by molar-refractivity contribution is -0.403. The molecule has 1 heterocycles. The summed E-state index contributed by atoms with van der Waals surface area (Å²) in [6, 6.07) is 19.5. The monoisotopic (exact) mass is 427 g/mol. The summed E-state index contributed by atoms with van der Waals surface area (Å²) >= 11 is 0. The molecule has 0 saturated heterocycles. The Morgan fingerprint density at radius 1 is 1.12 bits per heavy atom. The van der Waals surface area contributed by atoms with E-state index >= 15 is 0 Å². The van der Waals surface area contributed by atoms with E-state index in [9.17, 15) is 10.1 Å². The zero-order valence-electron chi connectivity index (χ0n) is 18.2. The van der Waals surface area contributed by atoms with E-state index in [4.69, 9.17) is 4.42 Å². The van der Waals surface area contributed by atoms with Crippen LogP contribution in [0.15, 0.2) is 77.3 Å². The summed E-state index contributed by atoms with van der Waals surface area (Å²) in [7, 11) is 3.45.